The predicted octanol–water partition coefficient (Wildman–Crippen LogP) is -0.134. The van der Waals surface area contributed by atoms with Crippen molar-refractivity contribution in [3.63, 3.8) is 0 Å². The maximum Gasteiger partial charge on any atom is 0.407 e. The number of rotatable bonds is 4. The van der Waals surface area contributed by atoms with E-state index >= 15 is 0 Å². The standard InChI is InChI=1S/C14H18N4O5/c15-10-6-22-5-8(10)3-18(14(20)21)4-9-1-2-11-13(16-9)17-12(19)7-23-11/h1-2,8,10H,3-7,15H2,(H,20,21)(H,16,17,19)/t8-,10-/m0/s1. The molecule has 0 saturated carbocycles. The molecule has 0 radical (unpaired) electrons. The summed E-state index contributed by atoms with van der Waals surface area (Å²) in [6.07, 6.45) is -1.05. The van der Waals surface area contributed by atoms with E-state index in [1.165, 1.54) is 4.90 Å². The zero-order valence-electron chi connectivity index (χ0n) is 12.4. The minimum absolute atomic E-state index is 0.0354. The van der Waals surface area contributed by atoms with Crippen molar-refractivity contribution in [3.8, 4) is 5.75 Å². The number of carbonyl (C=O) groups excluding carboxylic acids is 1. The molecule has 23 heavy (non-hydrogen) atoms. The van der Waals surface area contributed by atoms with Crippen molar-refractivity contribution in [2.45, 2.75) is 12.6 Å². The average Bonchev–Trinajstić information content (AvgIpc) is 2.91. The molecule has 0 aliphatic carbocycles. The fraction of sp³-hybridized carbons (Fsp3) is 0.500. The first kappa shape index (κ1) is 15.5. The van der Waals surface area contributed by atoms with E-state index in [-0.39, 0.29) is 37.6 Å². The maximum atomic E-state index is 11.5. The number of nitrogens with two attached hydrogens (primary N) is 1. The number of nitrogens with zero attached hydrogens (tertiary/aromatic N) is 2. The van der Waals surface area contributed by atoms with Crippen LogP contribution in [0, 0.1) is 5.92 Å². The van der Waals surface area contributed by atoms with E-state index in [0.717, 1.165) is 0 Å². The van der Waals surface area contributed by atoms with Crippen LogP contribution in [-0.4, -0.2) is 59.4 Å². The van der Waals surface area contributed by atoms with Gasteiger partial charge in [-0.05, 0) is 12.1 Å². The molecule has 0 spiro atoms. The molecule has 1 fully saturated rings. The Morgan fingerprint density at radius 3 is 3.00 bits per heavy atom. The third-order valence-corrected chi connectivity index (χ3v) is 3.86. The molecule has 0 aromatic carbocycles. The molecule has 0 bridgehead atoms. The van der Waals surface area contributed by atoms with Gasteiger partial charge in [-0.2, -0.15) is 0 Å². The van der Waals surface area contributed by atoms with E-state index in [1.54, 1.807) is 12.1 Å². The van der Waals surface area contributed by atoms with Crippen LogP contribution in [-0.2, 0) is 16.1 Å². The first-order valence-electron chi connectivity index (χ1n) is 7.26. The topological polar surface area (TPSA) is 127 Å². The van der Waals surface area contributed by atoms with Crippen LogP contribution in [0.1, 0.15) is 5.69 Å². The maximum absolute atomic E-state index is 11.5. The summed E-state index contributed by atoms with van der Waals surface area (Å²) < 4.78 is 10.5. The van der Waals surface area contributed by atoms with Crippen molar-refractivity contribution in [3.05, 3.63) is 17.8 Å². The molecule has 3 heterocycles. The molecule has 1 aromatic heterocycles. The van der Waals surface area contributed by atoms with Crippen LogP contribution in [0.4, 0.5) is 10.6 Å². The Hall–Kier alpha value is -2.39. The summed E-state index contributed by atoms with van der Waals surface area (Å²) >= 11 is 0. The summed E-state index contributed by atoms with van der Waals surface area (Å²) in [6, 6.07) is 3.18. The number of aromatic nitrogens is 1. The summed E-state index contributed by atoms with van der Waals surface area (Å²) in [5.41, 5.74) is 6.42. The van der Waals surface area contributed by atoms with Crippen LogP contribution in [0.3, 0.4) is 0 Å². The Balaban J connectivity index is 1.71. The Morgan fingerprint density at radius 1 is 1.48 bits per heavy atom. The average molecular weight is 322 g/mol. The van der Waals surface area contributed by atoms with Crippen LogP contribution in [0.15, 0.2) is 12.1 Å². The van der Waals surface area contributed by atoms with Crippen molar-refractivity contribution in [1.82, 2.24) is 9.88 Å². The van der Waals surface area contributed by atoms with Gasteiger partial charge in [0, 0.05) is 18.5 Å². The van der Waals surface area contributed by atoms with Gasteiger partial charge >= 0.3 is 6.09 Å². The Kier molecular flexibility index (Phi) is 4.30. The van der Waals surface area contributed by atoms with Gasteiger partial charge in [-0.25, -0.2) is 9.78 Å². The molecule has 3 rings (SSSR count). The minimum Gasteiger partial charge on any atom is -0.480 e. The van der Waals surface area contributed by atoms with Gasteiger partial charge in [-0.15, -0.1) is 0 Å². The van der Waals surface area contributed by atoms with Gasteiger partial charge in [0.25, 0.3) is 5.91 Å². The van der Waals surface area contributed by atoms with Crippen molar-refractivity contribution in [2.75, 3.05) is 31.7 Å². The molecule has 2 amide bonds. The largest absolute Gasteiger partial charge is 0.480 e. The Labute approximate surface area is 132 Å². The van der Waals surface area contributed by atoms with E-state index < -0.39 is 6.09 Å². The highest BCUT2D eigenvalue weighted by Gasteiger charge is 2.29. The van der Waals surface area contributed by atoms with E-state index in [0.29, 0.717) is 30.5 Å². The number of fused-ring (bicyclic) bond motifs is 1. The molecule has 1 saturated heterocycles. The molecule has 2 aliphatic rings. The summed E-state index contributed by atoms with van der Waals surface area (Å²) in [5, 5.41) is 12.0. The second-order valence-electron chi connectivity index (χ2n) is 5.61. The van der Waals surface area contributed by atoms with Crippen LogP contribution >= 0.6 is 0 Å². The minimum atomic E-state index is -1.05. The number of hydrogen-bond acceptors (Lipinski definition) is 6. The summed E-state index contributed by atoms with van der Waals surface area (Å²) in [5.74, 6) is 0.463. The summed E-state index contributed by atoms with van der Waals surface area (Å²) in [4.78, 5) is 28.3. The highest BCUT2D eigenvalue weighted by Crippen LogP contribution is 2.26. The van der Waals surface area contributed by atoms with Gasteiger partial charge in [0.1, 0.15) is 0 Å². The predicted molar refractivity (Wildman–Crippen MR) is 79.1 cm³/mol. The lowest BCUT2D eigenvalue weighted by atomic mass is 10.0. The monoisotopic (exact) mass is 322 g/mol. The molecule has 0 unspecified atom stereocenters. The first-order chi connectivity index (χ1) is 11.0. The number of hydrogen-bond donors (Lipinski definition) is 3. The normalized spacial score (nSPS) is 22.9. The highest BCUT2D eigenvalue weighted by molar-refractivity contribution is 5.94. The van der Waals surface area contributed by atoms with Crippen LogP contribution in [0.2, 0.25) is 0 Å². The quantitative estimate of drug-likeness (QED) is 0.704. The van der Waals surface area contributed by atoms with Crippen molar-refractivity contribution < 1.29 is 24.2 Å². The van der Waals surface area contributed by atoms with E-state index in [1.807, 2.05) is 0 Å². The molecule has 1 aromatic rings. The van der Waals surface area contributed by atoms with E-state index in [9.17, 15) is 14.7 Å². The number of nitrogens with one attached hydrogen (secondary N) is 1. The number of amides is 2. The van der Waals surface area contributed by atoms with Gasteiger partial charge in [0.15, 0.2) is 18.2 Å². The fourth-order valence-corrected chi connectivity index (χ4v) is 2.58. The molecule has 4 N–H and O–H groups in total. The van der Waals surface area contributed by atoms with Crippen molar-refractivity contribution >= 4 is 17.8 Å². The van der Waals surface area contributed by atoms with Crippen LogP contribution in [0.25, 0.3) is 0 Å². The van der Waals surface area contributed by atoms with Gasteiger partial charge in [0.2, 0.25) is 0 Å². The number of pyridine rings is 1. The molecular weight excluding hydrogens is 304 g/mol. The van der Waals surface area contributed by atoms with Gasteiger partial charge in [0.05, 0.1) is 25.5 Å². The third kappa shape index (κ3) is 3.51. The SMILES string of the molecule is N[C@H]1COC[C@@H]1CN(Cc1ccc2c(n1)NC(=O)CO2)C(=O)O. The van der Waals surface area contributed by atoms with E-state index in [2.05, 4.69) is 10.3 Å². The fourth-order valence-electron chi connectivity index (χ4n) is 2.58. The molecular formula is C14H18N4O5. The third-order valence-electron chi connectivity index (χ3n) is 3.86. The Bertz CT molecular complexity index is 623. The van der Waals surface area contributed by atoms with Crippen LogP contribution in [0.5, 0.6) is 5.75 Å². The van der Waals surface area contributed by atoms with Crippen molar-refractivity contribution in [2.24, 2.45) is 11.7 Å². The lowest BCUT2D eigenvalue weighted by molar-refractivity contribution is -0.118. The number of carboxylic acid groups (broad SMARTS) is 1. The lowest BCUT2D eigenvalue weighted by Crippen LogP contribution is -2.40. The molecule has 2 aliphatic heterocycles. The second-order valence-corrected chi connectivity index (χ2v) is 5.61. The second kappa shape index (κ2) is 6.39. The zero-order valence-corrected chi connectivity index (χ0v) is 12.4. The zero-order chi connectivity index (χ0) is 16.4. The van der Waals surface area contributed by atoms with Gasteiger partial charge in [-0.3, -0.25) is 4.79 Å². The molecule has 9 heteroatoms. The molecule has 124 valence electrons. The van der Waals surface area contributed by atoms with E-state index in [4.69, 9.17) is 15.2 Å². The number of carbonyl (C=O) groups is 2. The number of anilines is 1. The molecule has 9 nitrogen and oxygen atoms in total. The van der Waals surface area contributed by atoms with Crippen LogP contribution < -0.4 is 15.8 Å². The van der Waals surface area contributed by atoms with Gasteiger partial charge in [-0.1, -0.05) is 0 Å². The van der Waals surface area contributed by atoms with Gasteiger partial charge < -0.3 is 30.5 Å². The smallest absolute Gasteiger partial charge is 0.407 e. The first-order valence-corrected chi connectivity index (χ1v) is 7.26. The molecule has 2 atom stereocenters. The number of ether oxygens (including phenoxy) is 2. The summed E-state index contributed by atoms with van der Waals surface area (Å²) in [6.45, 7) is 1.22. The van der Waals surface area contributed by atoms with Crippen molar-refractivity contribution in [1.29, 1.82) is 0 Å². The highest BCUT2D eigenvalue weighted by atomic mass is 16.5. The summed E-state index contributed by atoms with van der Waals surface area (Å²) in [7, 11) is 0. The Morgan fingerprint density at radius 2 is 2.30 bits per heavy atom. The lowest BCUT2D eigenvalue weighted by Gasteiger charge is -2.24.